The lowest BCUT2D eigenvalue weighted by atomic mass is 10.2. The SMILES string of the molecule is COC(=O)[C@H]1CC[C@@H](C(=O)O)N1. The number of esters is 1. The van der Waals surface area contributed by atoms with Gasteiger partial charge in [0.15, 0.2) is 0 Å². The second-order valence-corrected chi connectivity index (χ2v) is 2.71. The van der Waals surface area contributed by atoms with Crippen LogP contribution in [0.3, 0.4) is 0 Å². The molecule has 0 aromatic rings. The first kappa shape index (κ1) is 8.99. The topological polar surface area (TPSA) is 75.6 Å². The number of carbonyl (C=O) groups excluding carboxylic acids is 1. The van der Waals surface area contributed by atoms with Crippen molar-refractivity contribution in [3.63, 3.8) is 0 Å². The zero-order valence-corrected chi connectivity index (χ0v) is 6.74. The standard InChI is InChI=1S/C7H11NO4/c1-12-7(11)5-3-2-4(8-5)6(9)10/h4-5,8H,2-3H2,1H3,(H,9,10)/t4-,5+/m0/s1. The third-order valence-electron chi connectivity index (χ3n) is 1.93. The fraction of sp³-hybridized carbons (Fsp3) is 0.714. The molecular formula is C7H11NO4. The molecule has 2 N–H and O–H groups in total. The summed E-state index contributed by atoms with van der Waals surface area (Å²) in [6, 6.07) is -1.05. The van der Waals surface area contributed by atoms with E-state index in [1.165, 1.54) is 7.11 Å². The molecular weight excluding hydrogens is 162 g/mol. The van der Waals surface area contributed by atoms with Crippen molar-refractivity contribution in [3.8, 4) is 0 Å². The molecule has 1 aliphatic rings. The molecule has 5 heteroatoms. The van der Waals surface area contributed by atoms with Gasteiger partial charge in [-0.05, 0) is 12.8 Å². The smallest absolute Gasteiger partial charge is 0.322 e. The van der Waals surface area contributed by atoms with Crippen molar-refractivity contribution in [2.24, 2.45) is 0 Å². The number of hydrogen-bond donors (Lipinski definition) is 2. The summed E-state index contributed by atoms with van der Waals surface area (Å²) in [5.74, 6) is -1.31. The molecule has 2 atom stereocenters. The van der Waals surface area contributed by atoms with Crippen LogP contribution in [-0.4, -0.2) is 36.2 Å². The Kier molecular flexibility index (Phi) is 2.65. The van der Waals surface area contributed by atoms with Crippen molar-refractivity contribution < 1.29 is 19.4 Å². The van der Waals surface area contributed by atoms with Gasteiger partial charge in [-0.15, -0.1) is 0 Å². The molecule has 1 fully saturated rings. The Hall–Kier alpha value is -1.10. The quantitative estimate of drug-likeness (QED) is 0.543. The zero-order valence-electron chi connectivity index (χ0n) is 6.74. The molecule has 5 nitrogen and oxygen atoms in total. The largest absolute Gasteiger partial charge is 0.480 e. The van der Waals surface area contributed by atoms with Gasteiger partial charge in [0, 0.05) is 0 Å². The predicted octanol–water partition coefficient (Wildman–Crippen LogP) is -0.635. The minimum Gasteiger partial charge on any atom is -0.480 e. The third-order valence-corrected chi connectivity index (χ3v) is 1.93. The summed E-state index contributed by atoms with van der Waals surface area (Å²) in [5.41, 5.74) is 0. The Morgan fingerprint density at radius 1 is 1.42 bits per heavy atom. The summed E-state index contributed by atoms with van der Waals surface area (Å²) in [5, 5.41) is 11.2. The second kappa shape index (κ2) is 3.53. The number of methoxy groups -OCH3 is 1. The summed E-state index contributed by atoms with van der Waals surface area (Å²) in [4.78, 5) is 21.3. The van der Waals surface area contributed by atoms with Crippen molar-refractivity contribution in [2.45, 2.75) is 24.9 Å². The molecule has 68 valence electrons. The van der Waals surface area contributed by atoms with E-state index < -0.39 is 24.0 Å². The highest BCUT2D eigenvalue weighted by Gasteiger charge is 2.33. The Morgan fingerprint density at radius 2 is 2.00 bits per heavy atom. The van der Waals surface area contributed by atoms with Gasteiger partial charge in [0.05, 0.1) is 7.11 Å². The van der Waals surface area contributed by atoms with Crippen LogP contribution < -0.4 is 5.32 Å². The maximum Gasteiger partial charge on any atom is 0.322 e. The molecule has 1 rings (SSSR count). The number of aliphatic carboxylic acids is 1. The summed E-state index contributed by atoms with van der Waals surface area (Å²) in [7, 11) is 1.29. The van der Waals surface area contributed by atoms with Crippen LogP contribution in [0.2, 0.25) is 0 Å². The van der Waals surface area contributed by atoms with Gasteiger partial charge in [-0.3, -0.25) is 14.9 Å². The van der Waals surface area contributed by atoms with Gasteiger partial charge >= 0.3 is 11.9 Å². The Balaban J connectivity index is 2.45. The van der Waals surface area contributed by atoms with Crippen LogP contribution in [0.4, 0.5) is 0 Å². The van der Waals surface area contributed by atoms with Crippen LogP contribution >= 0.6 is 0 Å². The zero-order chi connectivity index (χ0) is 9.14. The normalized spacial score (nSPS) is 28.4. The molecule has 0 saturated carbocycles. The van der Waals surface area contributed by atoms with Crippen LogP contribution in [0.15, 0.2) is 0 Å². The summed E-state index contributed by atoms with van der Waals surface area (Å²) in [6.07, 6.45) is 1.01. The number of carboxylic acids is 1. The third kappa shape index (κ3) is 1.73. The van der Waals surface area contributed by atoms with E-state index in [9.17, 15) is 9.59 Å². The molecule has 0 aromatic carbocycles. The molecule has 0 aliphatic carbocycles. The van der Waals surface area contributed by atoms with Crippen molar-refractivity contribution in [2.75, 3.05) is 7.11 Å². The summed E-state index contributed by atoms with van der Waals surface area (Å²) < 4.78 is 4.47. The van der Waals surface area contributed by atoms with Gasteiger partial charge in [-0.2, -0.15) is 0 Å². The molecule has 0 unspecified atom stereocenters. The number of ether oxygens (including phenoxy) is 1. The van der Waals surface area contributed by atoms with E-state index >= 15 is 0 Å². The van der Waals surface area contributed by atoms with Crippen molar-refractivity contribution >= 4 is 11.9 Å². The van der Waals surface area contributed by atoms with Crippen molar-refractivity contribution in [1.82, 2.24) is 5.32 Å². The molecule has 1 saturated heterocycles. The summed E-state index contributed by atoms with van der Waals surface area (Å²) >= 11 is 0. The van der Waals surface area contributed by atoms with E-state index in [4.69, 9.17) is 5.11 Å². The lowest BCUT2D eigenvalue weighted by molar-refractivity contribution is -0.143. The maximum absolute atomic E-state index is 10.9. The predicted molar refractivity (Wildman–Crippen MR) is 39.6 cm³/mol. The number of hydrogen-bond acceptors (Lipinski definition) is 4. The van der Waals surface area contributed by atoms with Crippen LogP contribution in [0.25, 0.3) is 0 Å². The van der Waals surface area contributed by atoms with Gasteiger partial charge in [0.2, 0.25) is 0 Å². The molecule has 12 heavy (non-hydrogen) atoms. The van der Waals surface area contributed by atoms with Gasteiger partial charge in [0.25, 0.3) is 0 Å². The van der Waals surface area contributed by atoms with Crippen LogP contribution in [-0.2, 0) is 14.3 Å². The molecule has 0 amide bonds. The average molecular weight is 173 g/mol. The number of nitrogens with one attached hydrogen (secondary N) is 1. The van der Waals surface area contributed by atoms with E-state index in [2.05, 4.69) is 10.1 Å². The monoisotopic (exact) mass is 173 g/mol. The number of carboxylic acid groups (broad SMARTS) is 1. The fourth-order valence-corrected chi connectivity index (χ4v) is 1.27. The highest BCUT2D eigenvalue weighted by Crippen LogP contribution is 2.13. The van der Waals surface area contributed by atoms with Gasteiger partial charge < -0.3 is 9.84 Å². The molecule has 0 bridgehead atoms. The molecule has 0 radical (unpaired) electrons. The first-order chi connectivity index (χ1) is 5.65. The van der Waals surface area contributed by atoms with Gasteiger partial charge in [-0.1, -0.05) is 0 Å². The first-order valence-corrected chi connectivity index (χ1v) is 3.72. The van der Waals surface area contributed by atoms with Crippen molar-refractivity contribution in [1.29, 1.82) is 0 Å². The van der Waals surface area contributed by atoms with E-state index in [-0.39, 0.29) is 0 Å². The van der Waals surface area contributed by atoms with Crippen LogP contribution in [0.1, 0.15) is 12.8 Å². The number of carbonyl (C=O) groups is 2. The maximum atomic E-state index is 10.9. The summed E-state index contributed by atoms with van der Waals surface area (Å²) in [6.45, 7) is 0. The van der Waals surface area contributed by atoms with E-state index in [1.807, 2.05) is 0 Å². The molecule has 0 aromatic heterocycles. The Morgan fingerprint density at radius 3 is 2.42 bits per heavy atom. The van der Waals surface area contributed by atoms with E-state index in [0.717, 1.165) is 0 Å². The fourth-order valence-electron chi connectivity index (χ4n) is 1.27. The Bertz CT molecular complexity index is 204. The lowest BCUT2D eigenvalue weighted by Gasteiger charge is -2.08. The minimum atomic E-state index is -0.915. The highest BCUT2D eigenvalue weighted by atomic mass is 16.5. The van der Waals surface area contributed by atoms with Gasteiger partial charge in [-0.25, -0.2) is 0 Å². The van der Waals surface area contributed by atoms with E-state index in [0.29, 0.717) is 12.8 Å². The van der Waals surface area contributed by atoms with Crippen LogP contribution in [0.5, 0.6) is 0 Å². The van der Waals surface area contributed by atoms with E-state index in [1.54, 1.807) is 0 Å². The highest BCUT2D eigenvalue weighted by molar-refractivity contribution is 5.80. The van der Waals surface area contributed by atoms with Crippen LogP contribution in [0, 0.1) is 0 Å². The molecule has 1 heterocycles. The Labute approximate surface area is 69.7 Å². The second-order valence-electron chi connectivity index (χ2n) is 2.71. The minimum absolute atomic E-state index is 0.390. The van der Waals surface area contributed by atoms with Gasteiger partial charge in [0.1, 0.15) is 12.1 Å². The first-order valence-electron chi connectivity index (χ1n) is 3.72. The van der Waals surface area contributed by atoms with Crippen molar-refractivity contribution in [3.05, 3.63) is 0 Å². The molecule has 0 spiro atoms. The number of rotatable bonds is 2. The average Bonchev–Trinajstić information content (AvgIpc) is 2.51. The lowest BCUT2D eigenvalue weighted by Crippen LogP contribution is -2.39. The molecule has 1 aliphatic heterocycles.